The fourth-order valence-corrected chi connectivity index (χ4v) is 1.53. The summed E-state index contributed by atoms with van der Waals surface area (Å²) in [5.41, 5.74) is 0.643. The molecule has 2 aromatic rings. The summed E-state index contributed by atoms with van der Waals surface area (Å²) in [6.45, 7) is 1.59. The number of hydrogen-bond donors (Lipinski definition) is 1. The van der Waals surface area contributed by atoms with Gasteiger partial charge in [0.25, 0.3) is 0 Å². The fourth-order valence-electron chi connectivity index (χ4n) is 1.53. The third kappa shape index (κ3) is 2.04. The zero-order valence-corrected chi connectivity index (χ0v) is 9.73. The normalized spacial score (nSPS) is 10.4. The molecule has 0 fully saturated rings. The van der Waals surface area contributed by atoms with E-state index in [0.717, 1.165) is 0 Å². The van der Waals surface area contributed by atoms with Gasteiger partial charge in [-0.1, -0.05) is 5.16 Å². The molecule has 6 heteroatoms. The molecule has 0 aliphatic rings. The van der Waals surface area contributed by atoms with Crippen LogP contribution in [0.1, 0.15) is 16.1 Å². The molecular formula is C12H10FNO4. The first kappa shape index (κ1) is 12.1. The van der Waals surface area contributed by atoms with Crippen LogP contribution in [0.4, 0.5) is 4.39 Å². The van der Waals surface area contributed by atoms with Gasteiger partial charge in [-0.25, -0.2) is 9.18 Å². The maximum Gasteiger partial charge on any atom is 0.358 e. The number of aromatic carboxylic acids is 1. The first-order chi connectivity index (χ1) is 8.52. The van der Waals surface area contributed by atoms with E-state index in [1.807, 2.05) is 0 Å². The van der Waals surface area contributed by atoms with Crippen molar-refractivity contribution < 1.29 is 23.6 Å². The predicted octanol–water partition coefficient (Wildman–Crippen LogP) is 2.50. The molecule has 0 spiro atoms. The van der Waals surface area contributed by atoms with Crippen molar-refractivity contribution >= 4 is 5.97 Å². The van der Waals surface area contributed by atoms with Crippen LogP contribution in [0.3, 0.4) is 0 Å². The van der Waals surface area contributed by atoms with Gasteiger partial charge < -0.3 is 14.4 Å². The minimum Gasteiger partial charge on any atom is -0.496 e. The van der Waals surface area contributed by atoms with Crippen molar-refractivity contribution in [3.63, 3.8) is 0 Å². The van der Waals surface area contributed by atoms with Crippen molar-refractivity contribution in [3.8, 4) is 17.1 Å². The summed E-state index contributed by atoms with van der Waals surface area (Å²) in [5, 5.41) is 12.2. The van der Waals surface area contributed by atoms with Crippen LogP contribution in [-0.2, 0) is 0 Å². The van der Waals surface area contributed by atoms with E-state index in [4.69, 9.17) is 14.4 Å². The largest absolute Gasteiger partial charge is 0.496 e. The Hall–Kier alpha value is -2.37. The van der Waals surface area contributed by atoms with Crippen LogP contribution >= 0.6 is 0 Å². The van der Waals surface area contributed by atoms with Gasteiger partial charge in [0, 0.05) is 12.1 Å². The Balaban J connectivity index is 2.55. The van der Waals surface area contributed by atoms with Gasteiger partial charge in [0.2, 0.25) is 0 Å². The van der Waals surface area contributed by atoms with Crippen molar-refractivity contribution in [2.75, 3.05) is 7.11 Å². The van der Waals surface area contributed by atoms with E-state index in [9.17, 15) is 9.18 Å². The molecule has 1 N–H and O–H groups in total. The molecule has 0 radical (unpaired) electrons. The summed E-state index contributed by atoms with van der Waals surface area (Å²) < 4.78 is 23.3. The van der Waals surface area contributed by atoms with Crippen molar-refractivity contribution in [1.82, 2.24) is 5.16 Å². The van der Waals surface area contributed by atoms with E-state index >= 15 is 0 Å². The second-order valence-corrected chi connectivity index (χ2v) is 3.68. The monoisotopic (exact) mass is 251 g/mol. The number of aryl methyl sites for hydroxylation is 1. The molecule has 5 nitrogen and oxygen atoms in total. The number of carboxylic acids is 1. The SMILES string of the molecule is COc1cc(F)c(C)cc1-c1cc(C(=O)O)no1. The summed E-state index contributed by atoms with van der Waals surface area (Å²) >= 11 is 0. The molecule has 0 bridgehead atoms. The van der Waals surface area contributed by atoms with E-state index < -0.39 is 11.8 Å². The molecule has 2 rings (SSSR count). The number of hydrogen-bond acceptors (Lipinski definition) is 4. The summed E-state index contributed by atoms with van der Waals surface area (Å²) in [5.74, 6) is -1.13. The fraction of sp³-hybridized carbons (Fsp3) is 0.167. The number of carbonyl (C=O) groups is 1. The minimum atomic E-state index is -1.19. The third-order valence-corrected chi connectivity index (χ3v) is 2.48. The first-order valence-electron chi connectivity index (χ1n) is 5.07. The molecule has 1 aromatic carbocycles. The Kier molecular flexibility index (Phi) is 3.01. The first-order valence-corrected chi connectivity index (χ1v) is 5.07. The zero-order valence-electron chi connectivity index (χ0n) is 9.73. The second-order valence-electron chi connectivity index (χ2n) is 3.68. The average Bonchev–Trinajstić information content (AvgIpc) is 2.81. The van der Waals surface area contributed by atoms with Gasteiger partial charge in [0.1, 0.15) is 11.6 Å². The quantitative estimate of drug-likeness (QED) is 0.907. The lowest BCUT2D eigenvalue weighted by atomic mass is 10.1. The Morgan fingerprint density at radius 1 is 1.44 bits per heavy atom. The summed E-state index contributed by atoms with van der Waals surface area (Å²) in [6, 6.07) is 3.99. The predicted molar refractivity (Wildman–Crippen MR) is 60.1 cm³/mol. The second kappa shape index (κ2) is 4.48. The molecule has 0 saturated carbocycles. The highest BCUT2D eigenvalue weighted by molar-refractivity contribution is 5.86. The van der Waals surface area contributed by atoms with E-state index in [2.05, 4.69) is 5.16 Å². The van der Waals surface area contributed by atoms with Crippen LogP contribution in [0.25, 0.3) is 11.3 Å². The smallest absolute Gasteiger partial charge is 0.358 e. The number of methoxy groups -OCH3 is 1. The topological polar surface area (TPSA) is 72.6 Å². The molecule has 94 valence electrons. The van der Waals surface area contributed by atoms with E-state index in [1.54, 1.807) is 6.92 Å². The molecular weight excluding hydrogens is 241 g/mol. The molecule has 1 heterocycles. The molecule has 0 aliphatic carbocycles. The Morgan fingerprint density at radius 3 is 2.72 bits per heavy atom. The summed E-state index contributed by atoms with van der Waals surface area (Å²) in [4.78, 5) is 10.7. The van der Waals surface area contributed by atoms with Crippen molar-refractivity contribution in [2.45, 2.75) is 6.92 Å². The Labute approximate surface area is 102 Å². The van der Waals surface area contributed by atoms with Gasteiger partial charge >= 0.3 is 5.97 Å². The number of nitrogens with zero attached hydrogens (tertiary/aromatic N) is 1. The maximum atomic E-state index is 13.4. The van der Waals surface area contributed by atoms with Crippen LogP contribution < -0.4 is 4.74 Å². The molecule has 0 unspecified atom stereocenters. The lowest BCUT2D eigenvalue weighted by Gasteiger charge is -2.07. The van der Waals surface area contributed by atoms with Crippen molar-refractivity contribution in [3.05, 3.63) is 35.3 Å². The molecule has 0 aliphatic heterocycles. The molecule has 18 heavy (non-hydrogen) atoms. The van der Waals surface area contributed by atoms with Crippen molar-refractivity contribution in [2.24, 2.45) is 0 Å². The standard InChI is InChI=1S/C12H10FNO4/c1-6-3-7(10(17-2)4-8(6)13)11-5-9(12(15)16)14-18-11/h3-5H,1-2H3,(H,15,16). The highest BCUT2D eigenvalue weighted by Crippen LogP contribution is 2.32. The highest BCUT2D eigenvalue weighted by atomic mass is 19.1. The minimum absolute atomic E-state index is 0.214. The van der Waals surface area contributed by atoms with Crippen LogP contribution in [0.5, 0.6) is 5.75 Å². The van der Waals surface area contributed by atoms with Gasteiger partial charge in [-0.05, 0) is 18.6 Å². The van der Waals surface area contributed by atoms with Gasteiger partial charge in [0.05, 0.1) is 12.7 Å². The average molecular weight is 251 g/mol. The molecule has 1 aromatic heterocycles. The summed E-state index contributed by atoms with van der Waals surface area (Å²) in [7, 11) is 1.39. The number of rotatable bonds is 3. The van der Waals surface area contributed by atoms with Crippen LogP contribution in [-0.4, -0.2) is 23.3 Å². The number of benzene rings is 1. The molecule has 0 atom stereocenters. The lowest BCUT2D eigenvalue weighted by molar-refractivity contribution is 0.0686. The number of ether oxygens (including phenoxy) is 1. The summed E-state index contributed by atoms with van der Waals surface area (Å²) in [6.07, 6.45) is 0. The van der Waals surface area contributed by atoms with E-state index in [0.29, 0.717) is 11.1 Å². The van der Waals surface area contributed by atoms with Gasteiger partial charge in [0.15, 0.2) is 11.5 Å². The number of carboxylic acid groups (broad SMARTS) is 1. The molecule has 0 amide bonds. The Bertz CT molecular complexity index is 606. The number of aromatic nitrogens is 1. The maximum absolute atomic E-state index is 13.4. The van der Waals surface area contributed by atoms with E-state index in [1.165, 1.54) is 25.3 Å². The Morgan fingerprint density at radius 2 is 2.17 bits per heavy atom. The van der Waals surface area contributed by atoms with Gasteiger partial charge in [-0.15, -0.1) is 0 Å². The zero-order chi connectivity index (χ0) is 13.3. The number of halogens is 1. The highest BCUT2D eigenvalue weighted by Gasteiger charge is 2.17. The van der Waals surface area contributed by atoms with Crippen LogP contribution in [0.2, 0.25) is 0 Å². The lowest BCUT2D eigenvalue weighted by Crippen LogP contribution is -1.94. The van der Waals surface area contributed by atoms with Gasteiger partial charge in [-0.3, -0.25) is 0 Å². The molecule has 0 saturated heterocycles. The van der Waals surface area contributed by atoms with E-state index in [-0.39, 0.29) is 17.2 Å². The van der Waals surface area contributed by atoms with Crippen molar-refractivity contribution in [1.29, 1.82) is 0 Å². The third-order valence-electron chi connectivity index (χ3n) is 2.48. The van der Waals surface area contributed by atoms with Crippen LogP contribution in [0, 0.1) is 12.7 Å². The van der Waals surface area contributed by atoms with Gasteiger partial charge in [-0.2, -0.15) is 0 Å². The van der Waals surface area contributed by atoms with Crippen LogP contribution in [0.15, 0.2) is 22.7 Å².